The first-order valence-corrected chi connectivity index (χ1v) is 9.78. The van der Waals surface area contributed by atoms with Crippen molar-refractivity contribution in [1.82, 2.24) is 4.90 Å². The summed E-state index contributed by atoms with van der Waals surface area (Å²) in [4.78, 5) is 26.8. The monoisotopic (exact) mass is 393 g/mol. The van der Waals surface area contributed by atoms with Gasteiger partial charge in [0, 0.05) is 25.2 Å². The van der Waals surface area contributed by atoms with Crippen molar-refractivity contribution < 1.29 is 19.1 Å². The molecule has 0 bridgehead atoms. The van der Waals surface area contributed by atoms with E-state index in [4.69, 9.17) is 9.47 Å². The van der Waals surface area contributed by atoms with Crippen LogP contribution in [0.15, 0.2) is 72.3 Å². The van der Waals surface area contributed by atoms with Gasteiger partial charge in [-0.1, -0.05) is 60.7 Å². The first-order valence-electron chi connectivity index (χ1n) is 9.78. The van der Waals surface area contributed by atoms with E-state index >= 15 is 0 Å². The van der Waals surface area contributed by atoms with Crippen molar-refractivity contribution in [1.29, 1.82) is 0 Å². The van der Waals surface area contributed by atoms with Crippen LogP contribution in [0, 0.1) is 5.92 Å². The van der Waals surface area contributed by atoms with Crippen LogP contribution in [0.3, 0.4) is 0 Å². The third-order valence-electron chi connectivity index (χ3n) is 5.38. The predicted molar refractivity (Wildman–Crippen MR) is 111 cm³/mol. The van der Waals surface area contributed by atoms with Gasteiger partial charge >= 0.3 is 11.9 Å². The molecule has 2 aromatic rings. The maximum Gasteiger partial charge on any atom is 0.331 e. The molecule has 29 heavy (non-hydrogen) atoms. The predicted octanol–water partition coefficient (Wildman–Crippen LogP) is 3.74. The summed E-state index contributed by atoms with van der Waals surface area (Å²) in [5, 5.41) is 0. The lowest BCUT2D eigenvalue weighted by Gasteiger charge is -2.39. The lowest BCUT2D eigenvalue weighted by molar-refractivity contribution is -0.162. The van der Waals surface area contributed by atoms with Crippen molar-refractivity contribution in [2.75, 3.05) is 7.11 Å². The van der Waals surface area contributed by atoms with Crippen molar-refractivity contribution in [3.8, 4) is 0 Å². The van der Waals surface area contributed by atoms with Crippen molar-refractivity contribution in [3.63, 3.8) is 0 Å². The van der Waals surface area contributed by atoms with Crippen LogP contribution in [0.4, 0.5) is 0 Å². The molecule has 2 aromatic carbocycles. The van der Waals surface area contributed by atoms with Crippen LogP contribution in [-0.2, 0) is 32.2 Å². The topological polar surface area (TPSA) is 55.8 Å². The molecule has 1 aliphatic heterocycles. The van der Waals surface area contributed by atoms with Gasteiger partial charge < -0.3 is 9.47 Å². The summed E-state index contributed by atoms with van der Waals surface area (Å²) in [6, 6.07) is 20.1. The van der Waals surface area contributed by atoms with Gasteiger partial charge in [0.2, 0.25) is 0 Å². The molecule has 0 spiro atoms. The fourth-order valence-electron chi connectivity index (χ4n) is 3.78. The van der Waals surface area contributed by atoms with Gasteiger partial charge in [0.25, 0.3) is 0 Å². The molecule has 5 heteroatoms. The Labute approximate surface area is 171 Å². The first kappa shape index (κ1) is 20.8. The van der Waals surface area contributed by atoms with E-state index in [1.807, 2.05) is 43.3 Å². The number of carbonyl (C=O) groups excluding carboxylic acids is 2. The molecular formula is C24H27NO4. The third-order valence-corrected chi connectivity index (χ3v) is 5.38. The van der Waals surface area contributed by atoms with E-state index in [0.29, 0.717) is 18.7 Å². The normalized spacial score (nSPS) is 20.0. The summed E-state index contributed by atoms with van der Waals surface area (Å²) in [5.74, 6) is -1.41. The summed E-state index contributed by atoms with van der Waals surface area (Å²) in [5.41, 5.74) is 2.97. The number of hydrogen-bond donors (Lipinski definition) is 0. The molecule has 152 valence electrons. The van der Waals surface area contributed by atoms with Crippen LogP contribution >= 0.6 is 0 Å². The molecular weight excluding hydrogens is 366 g/mol. The van der Waals surface area contributed by atoms with E-state index < -0.39 is 18.0 Å². The number of ether oxygens (including phenoxy) is 2. The van der Waals surface area contributed by atoms with E-state index in [1.54, 1.807) is 6.92 Å². The summed E-state index contributed by atoms with van der Waals surface area (Å²) in [6.45, 7) is 5.11. The largest absolute Gasteiger partial charge is 0.468 e. The van der Waals surface area contributed by atoms with Gasteiger partial charge in [-0.05, 0) is 30.5 Å². The molecule has 3 rings (SSSR count). The van der Waals surface area contributed by atoms with Crippen molar-refractivity contribution in [2.24, 2.45) is 5.92 Å². The molecule has 3 atom stereocenters. The Balaban J connectivity index is 1.91. The summed E-state index contributed by atoms with van der Waals surface area (Å²) < 4.78 is 10.7. The molecule has 0 aromatic heterocycles. The lowest BCUT2D eigenvalue weighted by atomic mass is 9.87. The van der Waals surface area contributed by atoms with Gasteiger partial charge in [-0.3, -0.25) is 9.69 Å². The van der Waals surface area contributed by atoms with Crippen LogP contribution in [-0.4, -0.2) is 36.1 Å². The summed E-state index contributed by atoms with van der Waals surface area (Å²) in [7, 11) is 1.36. The summed E-state index contributed by atoms with van der Waals surface area (Å²) >= 11 is 0. The van der Waals surface area contributed by atoms with Gasteiger partial charge in [-0.15, -0.1) is 0 Å². The molecule has 0 unspecified atom stereocenters. The molecule has 1 heterocycles. The standard InChI is InChI=1S/C24H27NO4/c1-17-14-21(26)29-23(22(17)24(27)28-3)18(2)25(15-19-10-6-4-7-11-19)16-20-12-8-5-9-13-20/h4-14,18,22-23H,15-16H2,1-3H3/t18-,22+,23-/m0/s1. The number of benzene rings is 2. The Morgan fingerprint density at radius 1 is 1.03 bits per heavy atom. The zero-order valence-corrected chi connectivity index (χ0v) is 17.1. The SMILES string of the molecule is COC(=O)[C@@H]1C(C)=CC(=O)O[C@H]1[C@H](C)N(Cc1ccccc1)Cc1ccccc1. The number of methoxy groups -OCH3 is 1. The molecule has 0 fully saturated rings. The Kier molecular flexibility index (Phi) is 6.83. The smallest absolute Gasteiger partial charge is 0.331 e. The second kappa shape index (κ2) is 9.52. The van der Waals surface area contributed by atoms with Gasteiger partial charge in [0.15, 0.2) is 0 Å². The van der Waals surface area contributed by atoms with E-state index in [-0.39, 0.29) is 12.0 Å². The first-order chi connectivity index (χ1) is 14.0. The number of rotatable bonds is 7. The van der Waals surface area contributed by atoms with Gasteiger partial charge in [0.1, 0.15) is 12.0 Å². The highest BCUT2D eigenvalue weighted by atomic mass is 16.6. The highest BCUT2D eigenvalue weighted by molar-refractivity contribution is 5.88. The Morgan fingerprint density at radius 3 is 2.03 bits per heavy atom. The number of carbonyl (C=O) groups is 2. The number of hydrogen-bond acceptors (Lipinski definition) is 5. The van der Waals surface area contributed by atoms with E-state index in [2.05, 4.69) is 29.2 Å². The fourth-order valence-corrected chi connectivity index (χ4v) is 3.78. The Hall–Kier alpha value is -2.92. The van der Waals surface area contributed by atoms with E-state index in [9.17, 15) is 9.59 Å². The van der Waals surface area contributed by atoms with E-state index in [1.165, 1.54) is 13.2 Å². The molecule has 0 N–H and O–H groups in total. The van der Waals surface area contributed by atoms with Gasteiger partial charge in [-0.25, -0.2) is 4.79 Å². The minimum atomic E-state index is -0.618. The van der Waals surface area contributed by atoms with Crippen molar-refractivity contribution >= 4 is 11.9 Å². The molecule has 1 aliphatic rings. The lowest BCUT2D eigenvalue weighted by Crippen LogP contribution is -2.50. The van der Waals surface area contributed by atoms with Gasteiger partial charge in [-0.2, -0.15) is 0 Å². The maximum atomic E-state index is 12.5. The quantitative estimate of drug-likeness (QED) is 0.671. The molecule has 0 aliphatic carbocycles. The highest BCUT2D eigenvalue weighted by Crippen LogP contribution is 2.30. The fraction of sp³-hybridized carbons (Fsp3) is 0.333. The van der Waals surface area contributed by atoms with E-state index in [0.717, 1.165) is 11.1 Å². The molecule has 5 nitrogen and oxygen atoms in total. The zero-order valence-electron chi connectivity index (χ0n) is 17.1. The van der Waals surface area contributed by atoms with Crippen molar-refractivity contribution in [3.05, 3.63) is 83.4 Å². The van der Waals surface area contributed by atoms with Gasteiger partial charge in [0.05, 0.1) is 7.11 Å². The number of nitrogens with zero attached hydrogens (tertiary/aromatic N) is 1. The maximum absolute atomic E-state index is 12.5. The minimum Gasteiger partial charge on any atom is -0.468 e. The Bertz CT molecular complexity index is 821. The Morgan fingerprint density at radius 2 is 1.55 bits per heavy atom. The van der Waals surface area contributed by atoms with Crippen LogP contribution in [0.25, 0.3) is 0 Å². The average molecular weight is 393 g/mol. The molecule has 0 saturated heterocycles. The van der Waals surface area contributed by atoms with Crippen LogP contribution in [0.1, 0.15) is 25.0 Å². The second-order valence-corrected chi connectivity index (χ2v) is 7.41. The number of esters is 2. The summed E-state index contributed by atoms with van der Waals surface area (Å²) in [6.07, 6.45) is 0.760. The zero-order chi connectivity index (χ0) is 20.8. The average Bonchev–Trinajstić information content (AvgIpc) is 2.73. The van der Waals surface area contributed by atoms with Crippen LogP contribution < -0.4 is 0 Å². The van der Waals surface area contributed by atoms with Crippen LogP contribution in [0.2, 0.25) is 0 Å². The van der Waals surface area contributed by atoms with Crippen molar-refractivity contribution in [2.45, 2.75) is 39.1 Å². The molecule has 0 amide bonds. The minimum absolute atomic E-state index is 0.202. The molecule has 0 saturated carbocycles. The van der Waals surface area contributed by atoms with Crippen LogP contribution in [0.5, 0.6) is 0 Å². The highest BCUT2D eigenvalue weighted by Gasteiger charge is 2.42. The molecule has 0 radical (unpaired) electrons. The third kappa shape index (κ3) is 5.12. The second-order valence-electron chi connectivity index (χ2n) is 7.41. The number of cyclic esters (lactones) is 1.